The molecular weight excluding hydrogens is 284 g/mol. The summed E-state index contributed by atoms with van der Waals surface area (Å²) in [7, 11) is 0. The van der Waals surface area contributed by atoms with Gasteiger partial charge in [-0.05, 0) is 37.1 Å². The molecule has 3 rings (SSSR count). The summed E-state index contributed by atoms with van der Waals surface area (Å²) in [5, 5.41) is 2.04. The van der Waals surface area contributed by atoms with Crippen LogP contribution in [0.3, 0.4) is 0 Å². The molecule has 2 amide bonds. The van der Waals surface area contributed by atoms with Gasteiger partial charge in [0.05, 0.1) is 6.04 Å². The maximum atomic E-state index is 12.9. The quantitative estimate of drug-likeness (QED) is 0.858. The Balaban J connectivity index is 1.86. The maximum absolute atomic E-state index is 12.9. The number of hydrogen-bond acceptors (Lipinski definition) is 3. The molecular formula is C16H22N2O2S. The van der Waals surface area contributed by atoms with Crippen LogP contribution in [-0.2, 0) is 9.59 Å². The zero-order valence-electron chi connectivity index (χ0n) is 12.5. The summed E-state index contributed by atoms with van der Waals surface area (Å²) in [6.07, 6.45) is 4.83. The van der Waals surface area contributed by atoms with Crippen molar-refractivity contribution in [3.05, 3.63) is 22.4 Å². The first kappa shape index (κ1) is 14.6. The second kappa shape index (κ2) is 6.18. The number of rotatable bonds is 4. The van der Waals surface area contributed by atoms with Crippen LogP contribution in [0.15, 0.2) is 17.5 Å². The average molecular weight is 306 g/mol. The predicted molar refractivity (Wildman–Crippen MR) is 83.0 cm³/mol. The molecule has 0 bridgehead atoms. The number of amides is 2. The molecule has 5 heteroatoms. The van der Waals surface area contributed by atoms with E-state index < -0.39 is 0 Å². The highest BCUT2D eigenvalue weighted by Gasteiger charge is 2.42. The molecule has 3 heterocycles. The van der Waals surface area contributed by atoms with E-state index in [1.807, 2.05) is 16.3 Å². The lowest BCUT2D eigenvalue weighted by Crippen LogP contribution is -2.61. The summed E-state index contributed by atoms with van der Waals surface area (Å²) in [4.78, 5) is 30.1. The van der Waals surface area contributed by atoms with Crippen LogP contribution in [0, 0.1) is 0 Å². The molecule has 1 aromatic rings. The standard InChI is InChI=1S/C16H22N2O2S/c1-2-6-12(14-8-5-10-21-14)18-11-15(19)17-9-4-3-7-13(17)16(18)20/h5,8,10,12-13H,2-4,6-7,9,11H2,1H3. The van der Waals surface area contributed by atoms with E-state index in [2.05, 4.69) is 13.0 Å². The summed E-state index contributed by atoms with van der Waals surface area (Å²) in [5.41, 5.74) is 0. The van der Waals surface area contributed by atoms with Crippen LogP contribution in [-0.4, -0.2) is 40.7 Å². The van der Waals surface area contributed by atoms with Gasteiger partial charge in [-0.25, -0.2) is 0 Å². The van der Waals surface area contributed by atoms with E-state index in [1.165, 1.54) is 4.88 Å². The van der Waals surface area contributed by atoms with Crippen molar-refractivity contribution in [3.63, 3.8) is 0 Å². The zero-order chi connectivity index (χ0) is 14.8. The minimum Gasteiger partial charge on any atom is -0.329 e. The molecule has 2 atom stereocenters. The lowest BCUT2D eigenvalue weighted by atomic mass is 9.96. The molecule has 0 radical (unpaired) electrons. The van der Waals surface area contributed by atoms with E-state index in [-0.39, 0.29) is 30.4 Å². The predicted octanol–water partition coefficient (Wildman–Crippen LogP) is 2.81. The molecule has 0 aromatic carbocycles. The Bertz CT molecular complexity index is 514. The fourth-order valence-electron chi connectivity index (χ4n) is 3.46. The molecule has 2 aliphatic heterocycles. The van der Waals surface area contributed by atoms with E-state index in [0.29, 0.717) is 0 Å². The largest absolute Gasteiger partial charge is 0.329 e. The van der Waals surface area contributed by atoms with Crippen molar-refractivity contribution >= 4 is 23.2 Å². The summed E-state index contributed by atoms with van der Waals surface area (Å²) in [5.74, 6) is 0.276. The maximum Gasteiger partial charge on any atom is 0.246 e. The fourth-order valence-corrected chi connectivity index (χ4v) is 4.34. The van der Waals surface area contributed by atoms with Crippen LogP contribution in [0.4, 0.5) is 0 Å². The third-order valence-corrected chi connectivity index (χ3v) is 5.48. The number of piperidine rings is 1. The highest BCUT2D eigenvalue weighted by atomic mass is 32.1. The van der Waals surface area contributed by atoms with Crippen LogP contribution in [0.1, 0.15) is 49.9 Å². The number of fused-ring (bicyclic) bond motifs is 1. The molecule has 2 unspecified atom stereocenters. The Kier molecular flexibility index (Phi) is 4.29. The van der Waals surface area contributed by atoms with Gasteiger partial charge in [-0.2, -0.15) is 0 Å². The first-order chi connectivity index (χ1) is 10.2. The molecule has 0 saturated carbocycles. The van der Waals surface area contributed by atoms with Crippen LogP contribution in [0.25, 0.3) is 0 Å². The topological polar surface area (TPSA) is 40.6 Å². The molecule has 2 fully saturated rings. The van der Waals surface area contributed by atoms with Crippen molar-refractivity contribution in [2.75, 3.05) is 13.1 Å². The molecule has 2 saturated heterocycles. The van der Waals surface area contributed by atoms with E-state index in [0.717, 1.165) is 38.6 Å². The van der Waals surface area contributed by atoms with Crippen molar-refractivity contribution in [2.45, 2.75) is 51.1 Å². The van der Waals surface area contributed by atoms with Gasteiger partial charge in [-0.3, -0.25) is 9.59 Å². The van der Waals surface area contributed by atoms with E-state index in [9.17, 15) is 9.59 Å². The Hall–Kier alpha value is -1.36. The third kappa shape index (κ3) is 2.71. The van der Waals surface area contributed by atoms with Gasteiger partial charge < -0.3 is 9.80 Å². The van der Waals surface area contributed by atoms with E-state index in [1.54, 1.807) is 16.2 Å². The molecule has 2 aliphatic rings. The highest BCUT2D eigenvalue weighted by Crippen LogP contribution is 2.33. The second-order valence-electron chi connectivity index (χ2n) is 5.88. The Morgan fingerprint density at radius 3 is 2.95 bits per heavy atom. The monoisotopic (exact) mass is 306 g/mol. The van der Waals surface area contributed by atoms with Crippen molar-refractivity contribution in [1.29, 1.82) is 0 Å². The molecule has 0 aliphatic carbocycles. The molecule has 0 spiro atoms. The first-order valence-corrected chi connectivity index (χ1v) is 8.73. The number of hydrogen-bond donors (Lipinski definition) is 0. The van der Waals surface area contributed by atoms with Crippen molar-refractivity contribution in [3.8, 4) is 0 Å². The normalized spacial score (nSPS) is 24.1. The van der Waals surface area contributed by atoms with Gasteiger partial charge in [0.15, 0.2) is 0 Å². The molecule has 0 N–H and O–H groups in total. The van der Waals surface area contributed by atoms with Gasteiger partial charge >= 0.3 is 0 Å². The van der Waals surface area contributed by atoms with E-state index in [4.69, 9.17) is 0 Å². The summed E-state index contributed by atoms with van der Waals surface area (Å²) >= 11 is 1.68. The second-order valence-corrected chi connectivity index (χ2v) is 6.86. The van der Waals surface area contributed by atoms with Crippen molar-refractivity contribution < 1.29 is 9.59 Å². The number of thiophene rings is 1. The minimum atomic E-state index is -0.209. The van der Waals surface area contributed by atoms with Crippen molar-refractivity contribution in [2.24, 2.45) is 0 Å². The fraction of sp³-hybridized carbons (Fsp3) is 0.625. The highest BCUT2D eigenvalue weighted by molar-refractivity contribution is 7.10. The van der Waals surface area contributed by atoms with Gasteiger partial charge in [0.25, 0.3) is 0 Å². The van der Waals surface area contributed by atoms with Crippen molar-refractivity contribution in [1.82, 2.24) is 9.80 Å². The number of nitrogens with zero attached hydrogens (tertiary/aromatic N) is 2. The van der Waals surface area contributed by atoms with Crippen LogP contribution in [0.5, 0.6) is 0 Å². The third-order valence-electron chi connectivity index (χ3n) is 4.51. The molecule has 4 nitrogen and oxygen atoms in total. The smallest absolute Gasteiger partial charge is 0.246 e. The zero-order valence-corrected chi connectivity index (χ0v) is 13.3. The number of carbonyl (C=O) groups excluding carboxylic acids is 2. The SMILES string of the molecule is CCCC(c1cccs1)N1CC(=O)N2CCCCC2C1=O. The molecule has 1 aromatic heterocycles. The lowest BCUT2D eigenvalue weighted by molar-refractivity contribution is -0.160. The molecule has 21 heavy (non-hydrogen) atoms. The van der Waals surface area contributed by atoms with Crippen LogP contribution in [0.2, 0.25) is 0 Å². The van der Waals surface area contributed by atoms with Crippen LogP contribution < -0.4 is 0 Å². The Labute approximate surface area is 129 Å². The summed E-state index contributed by atoms with van der Waals surface area (Å²) in [6, 6.07) is 3.96. The molecule has 114 valence electrons. The number of piperazine rings is 1. The van der Waals surface area contributed by atoms with Gasteiger partial charge in [-0.15, -0.1) is 11.3 Å². The Morgan fingerprint density at radius 2 is 2.24 bits per heavy atom. The van der Waals surface area contributed by atoms with Gasteiger partial charge in [0, 0.05) is 11.4 Å². The lowest BCUT2D eigenvalue weighted by Gasteiger charge is -2.45. The average Bonchev–Trinajstić information content (AvgIpc) is 3.03. The van der Waals surface area contributed by atoms with Gasteiger partial charge in [-0.1, -0.05) is 19.4 Å². The van der Waals surface area contributed by atoms with Gasteiger partial charge in [0.1, 0.15) is 12.6 Å². The van der Waals surface area contributed by atoms with E-state index >= 15 is 0 Å². The first-order valence-electron chi connectivity index (χ1n) is 7.85. The van der Waals surface area contributed by atoms with Gasteiger partial charge in [0.2, 0.25) is 11.8 Å². The minimum absolute atomic E-state index is 0.0653. The summed E-state index contributed by atoms with van der Waals surface area (Å²) in [6.45, 7) is 3.13. The Morgan fingerprint density at radius 1 is 1.38 bits per heavy atom. The summed E-state index contributed by atoms with van der Waals surface area (Å²) < 4.78 is 0. The van der Waals surface area contributed by atoms with Crippen LogP contribution >= 0.6 is 11.3 Å². The number of carbonyl (C=O) groups is 2.